The molecule has 4 heteroatoms. The van der Waals surface area contributed by atoms with Crippen molar-refractivity contribution in [3.63, 3.8) is 0 Å². The van der Waals surface area contributed by atoms with E-state index >= 15 is 0 Å². The molecule has 1 aromatic rings. The van der Waals surface area contributed by atoms with Gasteiger partial charge < -0.3 is 10.6 Å². The third kappa shape index (κ3) is 2.38. The lowest BCUT2D eigenvalue weighted by Crippen LogP contribution is -2.40. The Morgan fingerprint density at radius 3 is 2.88 bits per heavy atom. The number of aromatic nitrogens is 1. The Kier molecular flexibility index (Phi) is 3.50. The van der Waals surface area contributed by atoms with Crippen LogP contribution in [-0.4, -0.2) is 17.6 Å². The first-order valence-corrected chi connectivity index (χ1v) is 6.87. The monoisotopic (exact) mass is 239 g/mol. The molecule has 1 fully saturated rings. The highest BCUT2D eigenvalue weighted by atomic mass is 32.1. The molecule has 1 aliphatic heterocycles. The quantitative estimate of drug-likeness (QED) is 0.863. The number of rotatable bonds is 2. The molecule has 3 unspecified atom stereocenters. The summed E-state index contributed by atoms with van der Waals surface area (Å²) in [4.78, 5) is 8.11. The molecular formula is C12H21N3S. The molecule has 3 nitrogen and oxygen atoms in total. The van der Waals surface area contributed by atoms with Crippen molar-refractivity contribution >= 4 is 16.5 Å². The van der Waals surface area contributed by atoms with E-state index in [1.165, 1.54) is 17.7 Å². The molecule has 1 aliphatic rings. The molecule has 2 N–H and O–H groups in total. The zero-order chi connectivity index (χ0) is 11.7. The van der Waals surface area contributed by atoms with Crippen LogP contribution < -0.4 is 10.6 Å². The van der Waals surface area contributed by atoms with E-state index in [1.807, 2.05) is 13.1 Å². The van der Waals surface area contributed by atoms with Gasteiger partial charge in [0.15, 0.2) is 5.13 Å². The first-order valence-electron chi connectivity index (χ1n) is 6.06. The SMILES string of the molecule is CC1CCN(c2ncc(C(C)N)s2)C(C)C1. The second-order valence-corrected chi connectivity index (χ2v) is 6.05. The standard InChI is InChI=1S/C12H21N3S/c1-8-4-5-15(9(2)6-8)12-14-7-11(16-12)10(3)13/h7-10H,4-6,13H2,1-3H3. The molecular weight excluding hydrogens is 218 g/mol. The normalized spacial score (nSPS) is 28.1. The number of piperidine rings is 1. The van der Waals surface area contributed by atoms with Crippen molar-refractivity contribution in [3.8, 4) is 0 Å². The van der Waals surface area contributed by atoms with E-state index in [1.54, 1.807) is 11.3 Å². The van der Waals surface area contributed by atoms with Gasteiger partial charge in [-0.2, -0.15) is 0 Å². The van der Waals surface area contributed by atoms with Gasteiger partial charge in [-0.25, -0.2) is 4.98 Å². The van der Waals surface area contributed by atoms with Gasteiger partial charge in [-0.3, -0.25) is 0 Å². The van der Waals surface area contributed by atoms with Crippen LogP contribution in [0.2, 0.25) is 0 Å². The molecule has 2 rings (SSSR count). The van der Waals surface area contributed by atoms with Crippen molar-refractivity contribution in [1.29, 1.82) is 0 Å². The Morgan fingerprint density at radius 1 is 1.56 bits per heavy atom. The van der Waals surface area contributed by atoms with Crippen LogP contribution in [0.5, 0.6) is 0 Å². The molecule has 3 atom stereocenters. The van der Waals surface area contributed by atoms with Crippen LogP contribution >= 0.6 is 11.3 Å². The van der Waals surface area contributed by atoms with E-state index in [0.29, 0.717) is 6.04 Å². The van der Waals surface area contributed by atoms with Crippen LogP contribution in [0.15, 0.2) is 6.20 Å². The maximum Gasteiger partial charge on any atom is 0.185 e. The number of nitrogens with two attached hydrogens (primary N) is 1. The van der Waals surface area contributed by atoms with Gasteiger partial charge in [0, 0.05) is 29.7 Å². The van der Waals surface area contributed by atoms with Crippen molar-refractivity contribution in [2.45, 2.75) is 45.7 Å². The summed E-state index contributed by atoms with van der Waals surface area (Å²) < 4.78 is 0. The van der Waals surface area contributed by atoms with Crippen LogP contribution in [0.4, 0.5) is 5.13 Å². The lowest BCUT2D eigenvalue weighted by molar-refractivity contribution is 0.377. The van der Waals surface area contributed by atoms with Gasteiger partial charge in [0.1, 0.15) is 0 Å². The summed E-state index contributed by atoms with van der Waals surface area (Å²) in [6.45, 7) is 7.78. The summed E-state index contributed by atoms with van der Waals surface area (Å²) in [6, 6.07) is 0.709. The maximum atomic E-state index is 5.87. The summed E-state index contributed by atoms with van der Waals surface area (Å²) in [6.07, 6.45) is 4.47. The molecule has 0 saturated carbocycles. The average molecular weight is 239 g/mol. The number of nitrogens with zero attached hydrogens (tertiary/aromatic N) is 2. The van der Waals surface area contributed by atoms with Crippen LogP contribution in [0, 0.1) is 5.92 Å². The molecule has 90 valence electrons. The lowest BCUT2D eigenvalue weighted by Gasteiger charge is -2.36. The minimum Gasteiger partial charge on any atom is -0.345 e. The Bertz CT molecular complexity index is 348. The second kappa shape index (κ2) is 4.72. The van der Waals surface area contributed by atoms with Gasteiger partial charge in [0.05, 0.1) is 0 Å². The van der Waals surface area contributed by atoms with Crippen molar-refractivity contribution in [2.75, 3.05) is 11.4 Å². The number of hydrogen-bond acceptors (Lipinski definition) is 4. The Hall–Kier alpha value is -0.610. The topological polar surface area (TPSA) is 42.2 Å². The molecule has 0 radical (unpaired) electrons. The predicted molar refractivity (Wildman–Crippen MR) is 69.9 cm³/mol. The van der Waals surface area contributed by atoms with Crippen LogP contribution in [0.1, 0.15) is 44.5 Å². The largest absolute Gasteiger partial charge is 0.345 e. The number of hydrogen-bond donors (Lipinski definition) is 1. The van der Waals surface area contributed by atoms with Crippen LogP contribution in [0.25, 0.3) is 0 Å². The summed E-state index contributed by atoms with van der Waals surface area (Å²) in [5.74, 6) is 0.846. The van der Waals surface area contributed by atoms with Crippen molar-refractivity contribution in [1.82, 2.24) is 4.98 Å². The van der Waals surface area contributed by atoms with Gasteiger partial charge >= 0.3 is 0 Å². The van der Waals surface area contributed by atoms with Gasteiger partial charge in [-0.05, 0) is 32.6 Å². The molecule has 0 spiro atoms. The van der Waals surface area contributed by atoms with Gasteiger partial charge in [0.25, 0.3) is 0 Å². The highest BCUT2D eigenvalue weighted by Crippen LogP contribution is 2.32. The molecule has 0 aromatic carbocycles. The van der Waals surface area contributed by atoms with Crippen molar-refractivity contribution in [3.05, 3.63) is 11.1 Å². The maximum absolute atomic E-state index is 5.87. The van der Waals surface area contributed by atoms with Gasteiger partial charge in [0.2, 0.25) is 0 Å². The minimum absolute atomic E-state index is 0.102. The first-order chi connectivity index (χ1) is 7.58. The van der Waals surface area contributed by atoms with Crippen molar-refractivity contribution < 1.29 is 0 Å². The fourth-order valence-corrected chi connectivity index (χ4v) is 3.31. The fourth-order valence-electron chi connectivity index (χ4n) is 2.31. The summed E-state index contributed by atoms with van der Waals surface area (Å²) in [5.41, 5.74) is 5.87. The smallest absolute Gasteiger partial charge is 0.185 e. The highest BCUT2D eigenvalue weighted by Gasteiger charge is 2.25. The van der Waals surface area contributed by atoms with E-state index in [4.69, 9.17) is 5.73 Å². The van der Waals surface area contributed by atoms with Crippen LogP contribution in [0.3, 0.4) is 0 Å². The molecule has 0 amide bonds. The van der Waals surface area contributed by atoms with E-state index in [0.717, 1.165) is 17.6 Å². The summed E-state index contributed by atoms with van der Waals surface area (Å²) in [5, 5.41) is 1.15. The second-order valence-electron chi connectivity index (χ2n) is 5.01. The molecule has 16 heavy (non-hydrogen) atoms. The molecule has 1 saturated heterocycles. The summed E-state index contributed by atoms with van der Waals surface area (Å²) >= 11 is 1.74. The zero-order valence-electron chi connectivity index (χ0n) is 10.3. The fraction of sp³-hybridized carbons (Fsp3) is 0.750. The van der Waals surface area contributed by atoms with E-state index in [-0.39, 0.29) is 6.04 Å². The van der Waals surface area contributed by atoms with E-state index in [2.05, 4.69) is 23.7 Å². The average Bonchev–Trinajstić information content (AvgIpc) is 2.66. The van der Waals surface area contributed by atoms with Gasteiger partial charge in [-0.15, -0.1) is 11.3 Å². The van der Waals surface area contributed by atoms with Crippen molar-refractivity contribution in [2.24, 2.45) is 11.7 Å². The molecule has 0 aliphatic carbocycles. The lowest BCUT2D eigenvalue weighted by atomic mass is 9.94. The number of anilines is 1. The molecule has 2 heterocycles. The first kappa shape index (κ1) is 11.9. The Morgan fingerprint density at radius 2 is 2.31 bits per heavy atom. The third-order valence-electron chi connectivity index (χ3n) is 3.34. The van der Waals surface area contributed by atoms with E-state index < -0.39 is 0 Å². The third-order valence-corrected chi connectivity index (χ3v) is 4.58. The van der Waals surface area contributed by atoms with E-state index in [9.17, 15) is 0 Å². The zero-order valence-corrected chi connectivity index (χ0v) is 11.1. The van der Waals surface area contributed by atoms with Gasteiger partial charge in [-0.1, -0.05) is 6.92 Å². The molecule has 1 aromatic heterocycles. The molecule has 0 bridgehead atoms. The minimum atomic E-state index is 0.102. The Labute approximate surface area is 102 Å². The Balaban J connectivity index is 2.11. The summed E-state index contributed by atoms with van der Waals surface area (Å²) in [7, 11) is 0. The van der Waals surface area contributed by atoms with Crippen LogP contribution in [-0.2, 0) is 0 Å². The number of thiazole rings is 1. The predicted octanol–water partition coefficient (Wildman–Crippen LogP) is 2.79. The highest BCUT2D eigenvalue weighted by molar-refractivity contribution is 7.15.